The first-order valence-corrected chi connectivity index (χ1v) is 7.12. The van der Waals surface area contributed by atoms with Crippen LogP contribution in [0.5, 0.6) is 0 Å². The number of halogens is 1. The fraction of sp³-hybridized carbons (Fsp3) is 0.385. The third kappa shape index (κ3) is 1.63. The number of rotatable bonds is 1. The molecule has 0 amide bonds. The number of carboxylic acid groups (broad SMARTS) is 1. The summed E-state index contributed by atoms with van der Waals surface area (Å²) in [4.78, 5) is 17.9. The molecule has 5 heteroatoms. The van der Waals surface area contributed by atoms with E-state index in [1.807, 2.05) is 0 Å². The highest BCUT2D eigenvalue weighted by atomic mass is 35.5. The van der Waals surface area contributed by atoms with Crippen LogP contribution >= 0.6 is 22.9 Å². The van der Waals surface area contributed by atoms with Crippen molar-refractivity contribution >= 4 is 39.1 Å². The highest BCUT2D eigenvalue weighted by molar-refractivity contribution is 7.19. The number of aromatic carboxylic acids is 1. The van der Waals surface area contributed by atoms with Crippen molar-refractivity contribution in [3.05, 3.63) is 26.7 Å². The van der Waals surface area contributed by atoms with Gasteiger partial charge in [0.25, 0.3) is 0 Å². The standard InChI is InChI=1S/C13H12ClNO2S/c1-6-9(13(16)17)11(14)10-7-4-2-3-5-8(7)18-12(10)15-6/h2-5H2,1H3,(H,16,17). The molecule has 0 radical (unpaired) electrons. The summed E-state index contributed by atoms with van der Waals surface area (Å²) in [6.07, 6.45) is 4.39. The molecule has 2 aromatic heterocycles. The van der Waals surface area contributed by atoms with Crippen molar-refractivity contribution in [2.45, 2.75) is 32.6 Å². The summed E-state index contributed by atoms with van der Waals surface area (Å²) in [5.74, 6) is -0.998. The van der Waals surface area contributed by atoms with Gasteiger partial charge in [0.15, 0.2) is 0 Å². The van der Waals surface area contributed by atoms with Crippen LogP contribution in [0.15, 0.2) is 0 Å². The maximum atomic E-state index is 11.3. The SMILES string of the molecule is Cc1nc2sc3c(c2c(Cl)c1C(=O)O)CCCC3. The van der Waals surface area contributed by atoms with E-state index in [-0.39, 0.29) is 5.56 Å². The van der Waals surface area contributed by atoms with Gasteiger partial charge in [-0.3, -0.25) is 0 Å². The minimum Gasteiger partial charge on any atom is -0.478 e. The maximum Gasteiger partial charge on any atom is 0.339 e. The molecule has 0 aromatic carbocycles. The number of pyridine rings is 1. The van der Waals surface area contributed by atoms with Crippen molar-refractivity contribution in [2.24, 2.45) is 0 Å². The molecule has 1 N–H and O–H groups in total. The van der Waals surface area contributed by atoms with E-state index in [9.17, 15) is 9.90 Å². The third-order valence-electron chi connectivity index (χ3n) is 3.44. The van der Waals surface area contributed by atoms with Crippen LogP contribution in [-0.2, 0) is 12.8 Å². The number of aryl methyl sites for hydroxylation is 3. The van der Waals surface area contributed by atoms with Crippen molar-refractivity contribution in [1.29, 1.82) is 0 Å². The third-order valence-corrected chi connectivity index (χ3v) is 5.00. The van der Waals surface area contributed by atoms with Gasteiger partial charge in [-0.2, -0.15) is 0 Å². The highest BCUT2D eigenvalue weighted by Gasteiger charge is 2.24. The summed E-state index contributed by atoms with van der Waals surface area (Å²) < 4.78 is 0. The molecule has 94 valence electrons. The van der Waals surface area contributed by atoms with Gasteiger partial charge >= 0.3 is 5.97 Å². The zero-order valence-electron chi connectivity index (χ0n) is 9.92. The van der Waals surface area contributed by atoms with Gasteiger partial charge in [-0.15, -0.1) is 11.3 Å². The number of hydrogen-bond donors (Lipinski definition) is 1. The molecule has 2 aromatic rings. The Hall–Kier alpha value is -1.13. The van der Waals surface area contributed by atoms with Crippen molar-refractivity contribution < 1.29 is 9.90 Å². The first-order valence-electron chi connectivity index (χ1n) is 5.93. The fourth-order valence-corrected chi connectivity index (χ4v) is 4.39. The molecule has 18 heavy (non-hydrogen) atoms. The van der Waals surface area contributed by atoms with E-state index in [1.165, 1.54) is 16.9 Å². The number of fused-ring (bicyclic) bond motifs is 3. The largest absolute Gasteiger partial charge is 0.478 e. The lowest BCUT2D eigenvalue weighted by atomic mass is 9.96. The van der Waals surface area contributed by atoms with E-state index in [2.05, 4.69) is 4.98 Å². The zero-order valence-corrected chi connectivity index (χ0v) is 11.5. The Bertz CT molecular complexity index is 663. The molecule has 0 aliphatic heterocycles. The molecule has 3 rings (SSSR count). The Morgan fingerprint density at radius 2 is 2.11 bits per heavy atom. The Kier molecular flexibility index (Phi) is 2.79. The Morgan fingerprint density at radius 3 is 2.83 bits per heavy atom. The molecule has 0 atom stereocenters. The average Bonchev–Trinajstić information content (AvgIpc) is 2.66. The molecule has 3 nitrogen and oxygen atoms in total. The van der Waals surface area contributed by atoms with Crippen LogP contribution in [-0.4, -0.2) is 16.1 Å². The number of nitrogens with zero attached hydrogens (tertiary/aromatic N) is 1. The van der Waals surface area contributed by atoms with E-state index >= 15 is 0 Å². The number of aromatic nitrogens is 1. The van der Waals surface area contributed by atoms with Crippen LogP contribution in [0.4, 0.5) is 0 Å². The Labute approximate surface area is 113 Å². The van der Waals surface area contributed by atoms with Crippen molar-refractivity contribution in [2.75, 3.05) is 0 Å². The number of carbonyl (C=O) groups is 1. The van der Waals surface area contributed by atoms with Crippen LogP contribution in [0.25, 0.3) is 10.2 Å². The van der Waals surface area contributed by atoms with Crippen molar-refractivity contribution in [1.82, 2.24) is 4.98 Å². The lowest BCUT2D eigenvalue weighted by molar-refractivity contribution is 0.0696. The van der Waals surface area contributed by atoms with Gasteiger partial charge in [-0.05, 0) is 38.2 Å². The van der Waals surface area contributed by atoms with Gasteiger partial charge < -0.3 is 5.11 Å². The van der Waals surface area contributed by atoms with Crippen LogP contribution < -0.4 is 0 Å². The number of carboxylic acids is 1. The summed E-state index contributed by atoms with van der Waals surface area (Å²) in [6, 6.07) is 0. The first kappa shape index (κ1) is 11.9. The van der Waals surface area contributed by atoms with Crippen LogP contribution in [0, 0.1) is 6.92 Å². The minimum atomic E-state index is -0.998. The molecule has 0 bridgehead atoms. The summed E-state index contributed by atoms with van der Waals surface area (Å²) in [5, 5.41) is 10.5. The summed E-state index contributed by atoms with van der Waals surface area (Å²) >= 11 is 7.97. The fourth-order valence-electron chi connectivity index (χ4n) is 2.60. The molecule has 1 aliphatic rings. The van der Waals surface area contributed by atoms with Gasteiger partial charge in [-0.25, -0.2) is 9.78 Å². The summed E-state index contributed by atoms with van der Waals surface area (Å²) in [5.41, 5.74) is 1.87. The van der Waals surface area contributed by atoms with Crippen LogP contribution in [0.1, 0.15) is 39.3 Å². The van der Waals surface area contributed by atoms with Gasteiger partial charge in [0.2, 0.25) is 0 Å². The highest BCUT2D eigenvalue weighted by Crippen LogP contribution is 2.40. The van der Waals surface area contributed by atoms with E-state index in [0.29, 0.717) is 10.7 Å². The molecule has 0 unspecified atom stereocenters. The lowest BCUT2D eigenvalue weighted by Gasteiger charge is -2.11. The summed E-state index contributed by atoms with van der Waals surface area (Å²) in [6.45, 7) is 1.70. The van der Waals surface area contributed by atoms with E-state index in [4.69, 9.17) is 11.6 Å². The monoisotopic (exact) mass is 281 g/mol. The van der Waals surface area contributed by atoms with Gasteiger partial charge in [0.1, 0.15) is 4.83 Å². The molecule has 1 aliphatic carbocycles. The second kappa shape index (κ2) is 4.21. The van der Waals surface area contributed by atoms with Crippen LogP contribution in [0.2, 0.25) is 5.02 Å². The maximum absolute atomic E-state index is 11.3. The zero-order chi connectivity index (χ0) is 12.9. The molecule has 0 saturated carbocycles. The van der Waals surface area contributed by atoms with Gasteiger partial charge in [0, 0.05) is 10.3 Å². The predicted molar refractivity (Wildman–Crippen MR) is 73.0 cm³/mol. The van der Waals surface area contributed by atoms with E-state index < -0.39 is 5.97 Å². The topological polar surface area (TPSA) is 50.2 Å². The molecule has 0 saturated heterocycles. The predicted octanol–water partition coefficient (Wildman–Crippen LogP) is 3.84. The van der Waals surface area contributed by atoms with Crippen LogP contribution in [0.3, 0.4) is 0 Å². The average molecular weight is 282 g/mol. The normalized spacial score (nSPS) is 14.8. The quantitative estimate of drug-likeness (QED) is 0.864. The molecular weight excluding hydrogens is 270 g/mol. The number of hydrogen-bond acceptors (Lipinski definition) is 3. The first-order chi connectivity index (χ1) is 8.59. The lowest BCUT2D eigenvalue weighted by Crippen LogP contribution is -2.04. The molecule has 0 spiro atoms. The van der Waals surface area contributed by atoms with E-state index in [0.717, 1.165) is 29.5 Å². The number of thiophene rings is 1. The van der Waals surface area contributed by atoms with Gasteiger partial charge in [0.05, 0.1) is 16.3 Å². The molecule has 2 heterocycles. The molecular formula is C13H12ClNO2S. The Morgan fingerprint density at radius 1 is 1.39 bits per heavy atom. The summed E-state index contributed by atoms with van der Waals surface area (Å²) in [7, 11) is 0. The second-order valence-corrected chi connectivity index (χ2v) is 6.04. The smallest absolute Gasteiger partial charge is 0.339 e. The van der Waals surface area contributed by atoms with Crippen molar-refractivity contribution in [3.63, 3.8) is 0 Å². The minimum absolute atomic E-state index is 0.148. The molecule has 0 fully saturated rings. The van der Waals surface area contributed by atoms with Gasteiger partial charge in [-0.1, -0.05) is 11.6 Å². The Balaban J connectivity index is 2.39. The van der Waals surface area contributed by atoms with Crippen molar-refractivity contribution in [3.8, 4) is 0 Å². The van der Waals surface area contributed by atoms with E-state index in [1.54, 1.807) is 18.3 Å². The second-order valence-electron chi connectivity index (χ2n) is 4.58.